The lowest BCUT2D eigenvalue weighted by Crippen LogP contribution is -2.34. The number of rotatable bonds is 3. The standard InChI is InChI=1S/C17H16ClFN2O3S/c18-15-10-13(6-8-16(15)19)20-17(22)21-25(23,24)14-7-5-11-3-1-2-4-12(11)9-14/h5-10H,1-4H2,(H2,20,21,22). The highest BCUT2D eigenvalue weighted by atomic mass is 35.5. The lowest BCUT2D eigenvalue weighted by Gasteiger charge is -2.17. The Morgan fingerprint density at radius 3 is 2.48 bits per heavy atom. The van der Waals surface area contributed by atoms with Gasteiger partial charge in [-0.2, -0.15) is 0 Å². The summed E-state index contributed by atoms with van der Waals surface area (Å²) in [5.41, 5.74) is 2.33. The van der Waals surface area contributed by atoms with Gasteiger partial charge in [0, 0.05) is 5.69 Å². The van der Waals surface area contributed by atoms with Gasteiger partial charge in [-0.05, 0) is 67.1 Å². The Morgan fingerprint density at radius 1 is 1.04 bits per heavy atom. The second-order valence-corrected chi connectivity index (χ2v) is 7.92. The maximum Gasteiger partial charge on any atom is 0.333 e. The minimum absolute atomic E-state index is 0.0421. The zero-order valence-corrected chi connectivity index (χ0v) is 14.8. The van der Waals surface area contributed by atoms with Gasteiger partial charge < -0.3 is 5.32 Å². The van der Waals surface area contributed by atoms with Crippen LogP contribution < -0.4 is 10.0 Å². The molecule has 25 heavy (non-hydrogen) atoms. The summed E-state index contributed by atoms with van der Waals surface area (Å²) in [6, 6.07) is 7.51. The zero-order chi connectivity index (χ0) is 18.0. The SMILES string of the molecule is O=C(Nc1ccc(F)c(Cl)c1)NS(=O)(=O)c1ccc2c(c1)CCCC2. The van der Waals surface area contributed by atoms with E-state index in [-0.39, 0.29) is 15.6 Å². The number of aryl methyl sites for hydroxylation is 2. The summed E-state index contributed by atoms with van der Waals surface area (Å²) in [5.74, 6) is -0.630. The fourth-order valence-electron chi connectivity index (χ4n) is 2.79. The van der Waals surface area contributed by atoms with E-state index < -0.39 is 21.9 Å². The number of benzene rings is 2. The Balaban J connectivity index is 1.74. The second kappa shape index (κ2) is 7.01. The summed E-state index contributed by atoms with van der Waals surface area (Å²) in [5, 5.41) is 2.15. The highest BCUT2D eigenvalue weighted by molar-refractivity contribution is 7.90. The second-order valence-electron chi connectivity index (χ2n) is 5.83. The molecule has 0 radical (unpaired) electrons. The van der Waals surface area contributed by atoms with E-state index in [4.69, 9.17) is 11.6 Å². The molecule has 8 heteroatoms. The summed E-state index contributed by atoms with van der Waals surface area (Å²) in [6.45, 7) is 0. The molecular weight excluding hydrogens is 367 g/mol. The van der Waals surface area contributed by atoms with Crippen molar-refractivity contribution in [3.8, 4) is 0 Å². The number of fused-ring (bicyclic) bond motifs is 1. The Hall–Kier alpha value is -2.12. The summed E-state index contributed by atoms with van der Waals surface area (Å²) in [6.07, 6.45) is 3.89. The predicted octanol–water partition coefficient (Wildman–Crippen LogP) is 3.87. The highest BCUT2D eigenvalue weighted by Gasteiger charge is 2.20. The topological polar surface area (TPSA) is 75.3 Å². The van der Waals surface area contributed by atoms with Crippen LogP contribution in [-0.4, -0.2) is 14.4 Å². The van der Waals surface area contributed by atoms with Gasteiger partial charge >= 0.3 is 6.03 Å². The minimum Gasteiger partial charge on any atom is -0.307 e. The van der Waals surface area contributed by atoms with Crippen LogP contribution in [0.3, 0.4) is 0 Å². The van der Waals surface area contributed by atoms with Crippen LogP contribution in [0.4, 0.5) is 14.9 Å². The Bertz CT molecular complexity index is 931. The van der Waals surface area contributed by atoms with Crippen LogP contribution in [0.2, 0.25) is 5.02 Å². The summed E-state index contributed by atoms with van der Waals surface area (Å²) < 4.78 is 39.8. The highest BCUT2D eigenvalue weighted by Crippen LogP contribution is 2.24. The third-order valence-corrected chi connectivity index (χ3v) is 5.65. The molecule has 0 spiro atoms. The van der Waals surface area contributed by atoms with E-state index in [0.29, 0.717) is 0 Å². The number of sulfonamides is 1. The van der Waals surface area contributed by atoms with E-state index in [9.17, 15) is 17.6 Å². The molecule has 2 N–H and O–H groups in total. The van der Waals surface area contributed by atoms with Crippen LogP contribution >= 0.6 is 11.6 Å². The molecule has 3 rings (SSSR count). The Labute approximate surface area is 150 Å². The minimum atomic E-state index is -4.00. The van der Waals surface area contributed by atoms with Crippen LogP contribution in [0.1, 0.15) is 24.0 Å². The number of anilines is 1. The van der Waals surface area contributed by atoms with Crippen LogP contribution in [0.15, 0.2) is 41.3 Å². The van der Waals surface area contributed by atoms with Crippen molar-refractivity contribution in [1.29, 1.82) is 0 Å². The number of carbonyl (C=O) groups is 1. The first-order valence-electron chi connectivity index (χ1n) is 7.76. The maximum atomic E-state index is 13.1. The number of carbonyl (C=O) groups excluding carboxylic acids is 1. The Kier molecular flexibility index (Phi) is 4.96. The van der Waals surface area contributed by atoms with Gasteiger partial charge in [-0.25, -0.2) is 22.3 Å². The van der Waals surface area contributed by atoms with E-state index in [0.717, 1.165) is 42.9 Å². The normalized spacial score (nSPS) is 13.8. The quantitative estimate of drug-likeness (QED) is 0.846. The number of hydrogen-bond acceptors (Lipinski definition) is 3. The first kappa shape index (κ1) is 17.7. The number of nitrogens with one attached hydrogen (secondary N) is 2. The predicted molar refractivity (Wildman–Crippen MR) is 93.8 cm³/mol. The number of hydrogen-bond donors (Lipinski definition) is 2. The fourth-order valence-corrected chi connectivity index (χ4v) is 3.93. The van der Waals surface area contributed by atoms with Gasteiger partial charge in [-0.3, -0.25) is 0 Å². The van der Waals surface area contributed by atoms with E-state index in [1.54, 1.807) is 12.1 Å². The van der Waals surface area contributed by atoms with Gasteiger partial charge in [0.15, 0.2) is 0 Å². The smallest absolute Gasteiger partial charge is 0.307 e. The van der Waals surface area contributed by atoms with Gasteiger partial charge in [0.05, 0.1) is 9.92 Å². The van der Waals surface area contributed by atoms with Crippen molar-refractivity contribution in [3.63, 3.8) is 0 Å². The first-order chi connectivity index (χ1) is 11.8. The molecule has 1 aliphatic carbocycles. The number of urea groups is 1. The average Bonchev–Trinajstić information content (AvgIpc) is 2.57. The first-order valence-corrected chi connectivity index (χ1v) is 9.62. The molecular formula is C17H16ClFN2O3S. The lowest BCUT2D eigenvalue weighted by molar-refractivity contribution is 0.256. The fraction of sp³-hybridized carbons (Fsp3) is 0.235. The molecule has 1 aliphatic rings. The largest absolute Gasteiger partial charge is 0.333 e. The summed E-state index contributed by atoms with van der Waals surface area (Å²) in [4.78, 5) is 12.0. The van der Waals surface area contributed by atoms with Gasteiger partial charge in [-0.1, -0.05) is 17.7 Å². The van der Waals surface area contributed by atoms with Crippen molar-refractivity contribution in [2.24, 2.45) is 0 Å². The average molecular weight is 383 g/mol. The Morgan fingerprint density at radius 2 is 1.76 bits per heavy atom. The maximum absolute atomic E-state index is 13.1. The molecule has 0 heterocycles. The molecule has 2 aromatic carbocycles. The number of amides is 2. The van der Waals surface area contributed by atoms with Crippen molar-refractivity contribution in [3.05, 3.63) is 58.4 Å². The molecule has 0 atom stereocenters. The molecule has 0 bridgehead atoms. The molecule has 0 aliphatic heterocycles. The lowest BCUT2D eigenvalue weighted by atomic mass is 9.92. The van der Waals surface area contributed by atoms with Gasteiger partial charge in [0.1, 0.15) is 5.82 Å². The van der Waals surface area contributed by atoms with Crippen molar-refractivity contribution in [2.75, 3.05) is 5.32 Å². The van der Waals surface area contributed by atoms with Gasteiger partial charge in [-0.15, -0.1) is 0 Å². The molecule has 5 nitrogen and oxygen atoms in total. The van der Waals surface area contributed by atoms with Gasteiger partial charge in [0.25, 0.3) is 10.0 Å². The van der Waals surface area contributed by atoms with Crippen molar-refractivity contribution >= 4 is 33.3 Å². The molecule has 0 unspecified atom stereocenters. The molecule has 2 amide bonds. The third kappa shape index (κ3) is 4.11. The third-order valence-electron chi connectivity index (χ3n) is 4.03. The van der Waals surface area contributed by atoms with Crippen molar-refractivity contribution in [1.82, 2.24) is 4.72 Å². The van der Waals surface area contributed by atoms with Crippen molar-refractivity contribution < 1.29 is 17.6 Å². The van der Waals surface area contributed by atoms with E-state index in [1.807, 2.05) is 4.72 Å². The molecule has 0 saturated heterocycles. The van der Waals surface area contributed by atoms with E-state index in [2.05, 4.69) is 5.32 Å². The molecule has 0 fully saturated rings. The van der Waals surface area contributed by atoms with Crippen LogP contribution in [0, 0.1) is 5.82 Å². The van der Waals surface area contributed by atoms with E-state index >= 15 is 0 Å². The van der Waals surface area contributed by atoms with Crippen LogP contribution in [-0.2, 0) is 22.9 Å². The van der Waals surface area contributed by atoms with Crippen molar-refractivity contribution in [2.45, 2.75) is 30.6 Å². The monoisotopic (exact) mass is 382 g/mol. The molecule has 0 aromatic heterocycles. The zero-order valence-electron chi connectivity index (χ0n) is 13.2. The molecule has 132 valence electrons. The van der Waals surface area contributed by atoms with Crippen LogP contribution in [0.25, 0.3) is 0 Å². The van der Waals surface area contributed by atoms with Crippen LogP contribution in [0.5, 0.6) is 0 Å². The summed E-state index contributed by atoms with van der Waals surface area (Å²) >= 11 is 5.63. The summed E-state index contributed by atoms with van der Waals surface area (Å²) in [7, 11) is -4.00. The van der Waals surface area contributed by atoms with Gasteiger partial charge in [0.2, 0.25) is 0 Å². The van der Waals surface area contributed by atoms with E-state index in [1.165, 1.54) is 18.2 Å². The molecule has 0 saturated carbocycles. The number of halogens is 2. The molecule has 2 aromatic rings.